The van der Waals surface area contributed by atoms with E-state index in [-0.39, 0.29) is 5.56 Å². The van der Waals surface area contributed by atoms with Crippen LogP contribution in [0.15, 0.2) is 47.7 Å². The number of aromatic amines is 2. The Kier molecular flexibility index (Phi) is 4.04. The van der Waals surface area contributed by atoms with Gasteiger partial charge in [0.15, 0.2) is 5.82 Å². The standard InChI is InChI=1S/C18H21N5O/c24-18-17(20-8-9-21-18)23-10-2-4-14(12-23)22-11-13-3-1-5-16-15(13)6-7-19-16/h1,3,5-9,14,19,22H,2,4,10-12H2,(H,21,24)/t14-/m0/s1. The third-order valence-corrected chi connectivity index (χ3v) is 4.68. The van der Waals surface area contributed by atoms with Gasteiger partial charge in [0, 0.05) is 55.2 Å². The maximum absolute atomic E-state index is 11.9. The molecule has 0 saturated carbocycles. The number of hydrogen-bond donors (Lipinski definition) is 3. The summed E-state index contributed by atoms with van der Waals surface area (Å²) in [6.45, 7) is 2.52. The van der Waals surface area contributed by atoms with Crippen LogP contribution in [0, 0.1) is 0 Å². The van der Waals surface area contributed by atoms with Crippen molar-refractivity contribution in [2.75, 3.05) is 18.0 Å². The summed E-state index contributed by atoms with van der Waals surface area (Å²) in [4.78, 5) is 24.2. The normalized spacial score (nSPS) is 18.2. The number of anilines is 1. The number of piperidine rings is 1. The van der Waals surface area contributed by atoms with Crippen LogP contribution < -0.4 is 15.8 Å². The van der Waals surface area contributed by atoms with Crippen molar-refractivity contribution in [1.82, 2.24) is 20.3 Å². The zero-order valence-electron chi connectivity index (χ0n) is 13.5. The lowest BCUT2D eigenvalue weighted by atomic mass is 10.0. The van der Waals surface area contributed by atoms with Crippen molar-refractivity contribution in [2.24, 2.45) is 0 Å². The molecule has 1 aliphatic rings. The molecule has 124 valence electrons. The number of nitrogens with zero attached hydrogens (tertiary/aromatic N) is 2. The molecule has 0 bridgehead atoms. The third kappa shape index (κ3) is 2.92. The lowest BCUT2D eigenvalue weighted by Gasteiger charge is -2.33. The Morgan fingerprint density at radius 1 is 1.25 bits per heavy atom. The van der Waals surface area contributed by atoms with Crippen LogP contribution in [-0.2, 0) is 6.54 Å². The van der Waals surface area contributed by atoms with E-state index < -0.39 is 0 Å². The molecule has 2 aromatic heterocycles. The number of fused-ring (bicyclic) bond motifs is 1. The summed E-state index contributed by atoms with van der Waals surface area (Å²) in [6.07, 6.45) is 7.36. The predicted molar refractivity (Wildman–Crippen MR) is 95.2 cm³/mol. The molecule has 1 atom stereocenters. The summed E-state index contributed by atoms with van der Waals surface area (Å²) < 4.78 is 0. The lowest BCUT2D eigenvalue weighted by Crippen LogP contribution is -2.47. The molecule has 0 spiro atoms. The van der Waals surface area contributed by atoms with Crippen LogP contribution in [0.2, 0.25) is 0 Å². The SMILES string of the molecule is O=c1[nH]ccnc1N1CCC[C@H](NCc2cccc3[nH]ccc23)C1. The minimum absolute atomic E-state index is 0.116. The van der Waals surface area contributed by atoms with Crippen LogP contribution in [-0.4, -0.2) is 34.1 Å². The van der Waals surface area contributed by atoms with Gasteiger partial charge < -0.3 is 20.2 Å². The molecule has 3 heterocycles. The first kappa shape index (κ1) is 15.0. The van der Waals surface area contributed by atoms with Gasteiger partial charge in [0.05, 0.1) is 0 Å². The summed E-state index contributed by atoms with van der Waals surface area (Å²) in [7, 11) is 0. The number of hydrogen-bond acceptors (Lipinski definition) is 4. The fourth-order valence-electron chi connectivity index (χ4n) is 3.46. The number of benzene rings is 1. The molecular weight excluding hydrogens is 302 g/mol. The zero-order chi connectivity index (χ0) is 16.4. The van der Waals surface area contributed by atoms with Gasteiger partial charge in [0.25, 0.3) is 5.56 Å². The molecule has 4 rings (SSSR count). The van der Waals surface area contributed by atoms with Crippen LogP contribution >= 0.6 is 0 Å². The van der Waals surface area contributed by atoms with Gasteiger partial charge in [-0.25, -0.2) is 4.98 Å². The smallest absolute Gasteiger partial charge is 0.290 e. The van der Waals surface area contributed by atoms with Crippen LogP contribution in [0.1, 0.15) is 18.4 Å². The number of rotatable bonds is 4. The number of aromatic nitrogens is 3. The van der Waals surface area contributed by atoms with E-state index in [1.54, 1.807) is 12.4 Å². The largest absolute Gasteiger partial charge is 0.361 e. The highest BCUT2D eigenvalue weighted by Gasteiger charge is 2.22. The highest BCUT2D eigenvalue weighted by molar-refractivity contribution is 5.82. The van der Waals surface area contributed by atoms with Gasteiger partial charge in [-0.1, -0.05) is 12.1 Å². The molecule has 0 amide bonds. The summed E-state index contributed by atoms with van der Waals surface area (Å²) >= 11 is 0. The third-order valence-electron chi connectivity index (χ3n) is 4.68. The minimum atomic E-state index is -0.116. The lowest BCUT2D eigenvalue weighted by molar-refractivity contribution is 0.420. The molecule has 1 aliphatic heterocycles. The molecule has 0 unspecified atom stereocenters. The van der Waals surface area contributed by atoms with E-state index in [2.05, 4.69) is 49.4 Å². The van der Waals surface area contributed by atoms with Crippen molar-refractivity contribution in [3.8, 4) is 0 Å². The van der Waals surface area contributed by atoms with Gasteiger partial charge in [0.1, 0.15) is 0 Å². The Balaban J connectivity index is 1.45. The Hall–Kier alpha value is -2.60. The summed E-state index contributed by atoms with van der Waals surface area (Å²) in [5, 5.41) is 4.91. The van der Waals surface area contributed by atoms with Gasteiger partial charge >= 0.3 is 0 Å². The monoisotopic (exact) mass is 323 g/mol. The van der Waals surface area contributed by atoms with Crippen molar-refractivity contribution in [3.63, 3.8) is 0 Å². The first-order valence-corrected chi connectivity index (χ1v) is 8.38. The molecule has 6 nitrogen and oxygen atoms in total. The maximum atomic E-state index is 11.9. The number of H-pyrrole nitrogens is 2. The Morgan fingerprint density at radius 2 is 2.21 bits per heavy atom. The van der Waals surface area contributed by atoms with Crippen molar-refractivity contribution >= 4 is 16.7 Å². The average Bonchev–Trinajstić information content (AvgIpc) is 3.10. The van der Waals surface area contributed by atoms with E-state index in [1.165, 1.54) is 16.5 Å². The van der Waals surface area contributed by atoms with E-state index in [1.807, 2.05) is 6.20 Å². The fourth-order valence-corrected chi connectivity index (χ4v) is 3.46. The van der Waals surface area contributed by atoms with Crippen molar-refractivity contribution in [3.05, 3.63) is 58.8 Å². The predicted octanol–water partition coefficient (Wildman–Crippen LogP) is 2.01. The van der Waals surface area contributed by atoms with Crippen LogP contribution in [0.4, 0.5) is 5.82 Å². The summed E-state index contributed by atoms with van der Waals surface area (Å²) in [5.74, 6) is 0.525. The second kappa shape index (κ2) is 6.49. The van der Waals surface area contributed by atoms with Crippen molar-refractivity contribution < 1.29 is 0 Å². The highest BCUT2D eigenvalue weighted by Crippen LogP contribution is 2.19. The van der Waals surface area contributed by atoms with E-state index in [4.69, 9.17) is 0 Å². The molecule has 24 heavy (non-hydrogen) atoms. The topological polar surface area (TPSA) is 76.8 Å². The van der Waals surface area contributed by atoms with Gasteiger partial charge in [-0.05, 0) is 30.5 Å². The number of nitrogens with one attached hydrogen (secondary N) is 3. The first-order valence-electron chi connectivity index (χ1n) is 8.38. The van der Waals surface area contributed by atoms with Gasteiger partial charge in [-0.3, -0.25) is 4.79 Å². The molecular formula is C18H21N5O. The second-order valence-corrected chi connectivity index (χ2v) is 6.26. The second-order valence-electron chi connectivity index (χ2n) is 6.26. The van der Waals surface area contributed by atoms with Gasteiger partial charge in [-0.2, -0.15) is 0 Å². The molecule has 0 aliphatic carbocycles. The molecule has 1 saturated heterocycles. The van der Waals surface area contributed by atoms with Crippen LogP contribution in [0.3, 0.4) is 0 Å². The summed E-state index contributed by atoms with van der Waals surface area (Å²) in [6, 6.07) is 8.81. The molecule has 6 heteroatoms. The fraction of sp³-hybridized carbons (Fsp3) is 0.333. The molecule has 1 aromatic carbocycles. The van der Waals surface area contributed by atoms with Crippen LogP contribution in [0.5, 0.6) is 0 Å². The van der Waals surface area contributed by atoms with E-state index in [9.17, 15) is 4.79 Å². The molecule has 3 N–H and O–H groups in total. The van der Waals surface area contributed by atoms with Crippen molar-refractivity contribution in [2.45, 2.75) is 25.4 Å². The quantitative estimate of drug-likeness (QED) is 0.686. The Labute approximate surface area is 139 Å². The zero-order valence-corrected chi connectivity index (χ0v) is 13.5. The van der Waals surface area contributed by atoms with E-state index in [0.29, 0.717) is 11.9 Å². The first-order chi connectivity index (χ1) is 11.8. The molecule has 0 radical (unpaired) electrons. The maximum Gasteiger partial charge on any atom is 0.290 e. The summed E-state index contributed by atoms with van der Waals surface area (Å²) in [5.41, 5.74) is 2.34. The molecule has 3 aromatic rings. The Bertz CT molecular complexity index is 884. The molecule has 1 fully saturated rings. The van der Waals surface area contributed by atoms with Gasteiger partial charge in [0.2, 0.25) is 0 Å². The minimum Gasteiger partial charge on any atom is -0.361 e. The van der Waals surface area contributed by atoms with Gasteiger partial charge in [-0.15, -0.1) is 0 Å². The van der Waals surface area contributed by atoms with Crippen LogP contribution in [0.25, 0.3) is 10.9 Å². The van der Waals surface area contributed by atoms with Crippen molar-refractivity contribution in [1.29, 1.82) is 0 Å². The average molecular weight is 323 g/mol. The van der Waals surface area contributed by atoms with E-state index >= 15 is 0 Å². The Morgan fingerprint density at radius 3 is 3.12 bits per heavy atom. The van der Waals surface area contributed by atoms with E-state index in [0.717, 1.165) is 32.5 Å². The highest BCUT2D eigenvalue weighted by atomic mass is 16.1.